The van der Waals surface area contributed by atoms with Gasteiger partial charge >= 0.3 is 0 Å². The van der Waals surface area contributed by atoms with E-state index in [2.05, 4.69) is 49.5 Å². The smallest absolute Gasteiger partial charge is 0.251 e. The van der Waals surface area contributed by atoms with Gasteiger partial charge in [0.15, 0.2) is 0 Å². The van der Waals surface area contributed by atoms with Crippen LogP contribution in [0, 0.1) is 13.8 Å². The van der Waals surface area contributed by atoms with E-state index in [-0.39, 0.29) is 11.4 Å². The molecule has 0 saturated heterocycles. The van der Waals surface area contributed by atoms with Gasteiger partial charge in [-0.15, -0.1) is 0 Å². The average molecular weight is 295 g/mol. The summed E-state index contributed by atoms with van der Waals surface area (Å²) in [7, 11) is 0. The Bertz CT molecular complexity index is 669. The Kier molecular flexibility index (Phi) is 4.70. The lowest BCUT2D eigenvalue weighted by Gasteiger charge is -2.24. The molecule has 2 aromatic carbocycles. The van der Waals surface area contributed by atoms with Crippen molar-refractivity contribution >= 4 is 5.91 Å². The van der Waals surface area contributed by atoms with Crippen LogP contribution in [0.2, 0.25) is 0 Å². The van der Waals surface area contributed by atoms with E-state index in [1.54, 1.807) is 0 Å². The second kappa shape index (κ2) is 6.35. The highest BCUT2D eigenvalue weighted by molar-refractivity contribution is 5.96. The number of amides is 1. The van der Waals surface area contributed by atoms with E-state index in [0.717, 1.165) is 28.7 Å². The molecule has 1 amide bonds. The van der Waals surface area contributed by atoms with E-state index in [9.17, 15) is 4.79 Å². The molecule has 0 atom stereocenters. The SMILES string of the molecule is CCC(C)(C)NC(=O)c1cc(C)cc(-c2ccc(C)cc2)c1. The van der Waals surface area contributed by atoms with E-state index in [1.165, 1.54) is 5.56 Å². The average Bonchev–Trinajstić information content (AvgIpc) is 2.47. The van der Waals surface area contributed by atoms with Crippen LogP contribution in [-0.4, -0.2) is 11.4 Å². The molecule has 0 radical (unpaired) electrons. The Labute approximate surface area is 133 Å². The summed E-state index contributed by atoms with van der Waals surface area (Å²) < 4.78 is 0. The van der Waals surface area contributed by atoms with Crippen LogP contribution in [0.3, 0.4) is 0 Å². The maximum Gasteiger partial charge on any atom is 0.251 e. The number of nitrogens with one attached hydrogen (secondary N) is 1. The second-order valence-corrected chi connectivity index (χ2v) is 6.65. The molecule has 2 nitrogen and oxygen atoms in total. The molecule has 22 heavy (non-hydrogen) atoms. The Balaban J connectivity index is 2.34. The first-order valence-corrected chi connectivity index (χ1v) is 7.82. The van der Waals surface area contributed by atoms with Gasteiger partial charge in [-0.25, -0.2) is 0 Å². The van der Waals surface area contributed by atoms with Gasteiger partial charge in [0, 0.05) is 11.1 Å². The maximum absolute atomic E-state index is 12.5. The van der Waals surface area contributed by atoms with E-state index in [0.29, 0.717) is 0 Å². The zero-order valence-electron chi connectivity index (χ0n) is 14.2. The standard InChI is InChI=1S/C20H25NO/c1-6-20(4,5)21-19(22)18-12-15(3)11-17(13-18)16-9-7-14(2)8-10-16/h7-13H,6H2,1-5H3,(H,21,22). The van der Waals surface area contributed by atoms with Gasteiger partial charge < -0.3 is 5.32 Å². The zero-order valence-corrected chi connectivity index (χ0v) is 14.2. The highest BCUT2D eigenvalue weighted by atomic mass is 16.1. The molecule has 2 heteroatoms. The van der Waals surface area contributed by atoms with Crippen molar-refractivity contribution in [2.24, 2.45) is 0 Å². The molecular formula is C20H25NO. The van der Waals surface area contributed by atoms with Crippen LogP contribution in [0.25, 0.3) is 11.1 Å². The summed E-state index contributed by atoms with van der Waals surface area (Å²) >= 11 is 0. The third kappa shape index (κ3) is 3.97. The molecule has 1 N–H and O–H groups in total. The molecule has 0 aromatic heterocycles. The molecule has 0 unspecified atom stereocenters. The lowest BCUT2D eigenvalue weighted by Crippen LogP contribution is -2.42. The first-order valence-electron chi connectivity index (χ1n) is 7.82. The van der Waals surface area contributed by atoms with Crippen LogP contribution < -0.4 is 5.32 Å². The quantitative estimate of drug-likeness (QED) is 0.855. The number of carbonyl (C=O) groups excluding carboxylic acids is 1. The fourth-order valence-electron chi connectivity index (χ4n) is 2.29. The van der Waals surface area contributed by atoms with Crippen LogP contribution in [0.1, 0.15) is 48.7 Å². The minimum Gasteiger partial charge on any atom is -0.347 e. The lowest BCUT2D eigenvalue weighted by molar-refractivity contribution is 0.0911. The molecule has 2 rings (SSSR count). The summed E-state index contributed by atoms with van der Waals surface area (Å²) in [5.74, 6) is -0.0103. The van der Waals surface area contributed by atoms with Crippen LogP contribution in [0.15, 0.2) is 42.5 Å². The molecular weight excluding hydrogens is 270 g/mol. The first kappa shape index (κ1) is 16.3. The fourth-order valence-corrected chi connectivity index (χ4v) is 2.29. The summed E-state index contributed by atoms with van der Waals surface area (Å²) in [6, 6.07) is 14.4. The first-order chi connectivity index (χ1) is 10.3. The van der Waals surface area contributed by atoms with E-state index < -0.39 is 0 Å². The Morgan fingerprint density at radius 1 is 0.955 bits per heavy atom. The van der Waals surface area contributed by atoms with Crippen molar-refractivity contribution in [2.45, 2.75) is 46.6 Å². The van der Waals surface area contributed by atoms with Crippen molar-refractivity contribution < 1.29 is 4.79 Å². The maximum atomic E-state index is 12.5. The van der Waals surface area contributed by atoms with Crippen LogP contribution >= 0.6 is 0 Å². The van der Waals surface area contributed by atoms with Crippen LogP contribution in [-0.2, 0) is 0 Å². The van der Waals surface area contributed by atoms with Gasteiger partial charge in [-0.1, -0.05) is 42.8 Å². The van der Waals surface area contributed by atoms with Gasteiger partial charge in [0.1, 0.15) is 0 Å². The number of hydrogen-bond acceptors (Lipinski definition) is 1. The number of hydrogen-bond donors (Lipinski definition) is 1. The normalized spacial score (nSPS) is 11.3. The van der Waals surface area contributed by atoms with Gasteiger partial charge in [0.05, 0.1) is 0 Å². The third-order valence-electron chi connectivity index (χ3n) is 4.06. The van der Waals surface area contributed by atoms with Crippen molar-refractivity contribution in [3.63, 3.8) is 0 Å². The molecule has 0 fully saturated rings. The van der Waals surface area contributed by atoms with Gasteiger partial charge in [0.25, 0.3) is 5.91 Å². The van der Waals surface area contributed by atoms with Gasteiger partial charge in [-0.3, -0.25) is 4.79 Å². The van der Waals surface area contributed by atoms with Gasteiger partial charge in [0.2, 0.25) is 0 Å². The van der Waals surface area contributed by atoms with Crippen molar-refractivity contribution in [1.82, 2.24) is 5.32 Å². The molecule has 0 spiro atoms. The predicted octanol–water partition coefficient (Wildman–Crippen LogP) is 4.89. The highest BCUT2D eigenvalue weighted by Gasteiger charge is 2.19. The van der Waals surface area contributed by atoms with Gasteiger partial charge in [-0.05, 0) is 62.9 Å². The van der Waals surface area contributed by atoms with Crippen molar-refractivity contribution in [2.75, 3.05) is 0 Å². The summed E-state index contributed by atoms with van der Waals surface area (Å²) in [5, 5.41) is 3.10. The summed E-state index contributed by atoms with van der Waals surface area (Å²) in [4.78, 5) is 12.5. The van der Waals surface area contributed by atoms with E-state index in [4.69, 9.17) is 0 Å². The molecule has 116 valence electrons. The number of aryl methyl sites for hydroxylation is 2. The monoisotopic (exact) mass is 295 g/mol. The predicted molar refractivity (Wildman–Crippen MR) is 93.2 cm³/mol. The minimum absolute atomic E-state index is 0.0103. The van der Waals surface area contributed by atoms with Crippen molar-refractivity contribution in [1.29, 1.82) is 0 Å². The minimum atomic E-state index is -0.190. The summed E-state index contributed by atoms with van der Waals surface area (Å²) in [5.41, 5.74) is 5.08. The molecule has 0 bridgehead atoms. The number of rotatable bonds is 4. The fraction of sp³-hybridized carbons (Fsp3) is 0.350. The Hall–Kier alpha value is -2.09. The highest BCUT2D eigenvalue weighted by Crippen LogP contribution is 2.23. The largest absolute Gasteiger partial charge is 0.347 e. The third-order valence-corrected chi connectivity index (χ3v) is 4.06. The molecule has 0 aliphatic rings. The zero-order chi connectivity index (χ0) is 16.3. The summed E-state index contributed by atoms with van der Waals surface area (Å²) in [6.45, 7) is 10.3. The number of benzene rings is 2. The molecule has 0 aliphatic heterocycles. The van der Waals surface area contributed by atoms with Crippen molar-refractivity contribution in [3.05, 3.63) is 59.2 Å². The van der Waals surface area contributed by atoms with E-state index in [1.807, 2.05) is 32.9 Å². The van der Waals surface area contributed by atoms with Crippen LogP contribution in [0.5, 0.6) is 0 Å². The van der Waals surface area contributed by atoms with E-state index >= 15 is 0 Å². The molecule has 0 aliphatic carbocycles. The molecule has 0 heterocycles. The second-order valence-electron chi connectivity index (χ2n) is 6.65. The van der Waals surface area contributed by atoms with Crippen molar-refractivity contribution in [3.8, 4) is 11.1 Å². The van der Waals surface area contributed by atoms with Crippen LogP contribution in [0.4, 0.5) is 0 Å². The lowest BCUT2D eigenvalue weighted by atomic mass is 9.97. The number of carbonyl (C=O) groups is 1. The Morgan fingerprint density at radius 3 is 2.18 bits per heavy atom. The summed E-state index contributed by atoms with van der Waals surface area (Å²) in [6.07, 6.45) is 0.898. The molecule has 0 saturated carbocycles. The molecule has 2 aromatic rings. The van der Waals surface area contributed by atoms with Gasteiger partial charge in [-0.2, -0.15) is 0 Å². The topological polar surface area (TPSA) is 29.1 Å². The Morgan fingerprint density at radius 2 is 1.59 bits per heavy atom.